The summed E-state index contributed by atoms with van der Waals surface area (Å²) >= 11 is 0. The van der Waals surface area contributed by atoms with E-state index in [9.17, 15) is 4.79 Å². The molecule has 0 heterocycles. The minimum atomic E-state index is -0.00500. The van der Waals surface area contributed by atoms with Crippen LogP contribution in [0.3, 0.4) is 0 Å². The van der Waals surface area contributed by atoms with Crippen LogP contribution in [0.15, 0.2) is 12.1 Å². The van der Waals surface area contributed by atoms with Gasteiger partial charge in [0.2, 0.25) is 0 Å². The molecule has 0 radical (unpaired) electrons. The summed E-state index contributed by atoms with van der Waals surface area (Å²) in [7, 11) is 1.57. The molecule has 0 aliphatic carbocycles. The Morgan fingerprint density at radius 3 is 2.76 bits per heavy atom. The maximum absolute atomic E-state index is 12.0. The van der Waals surface area contributed by atoms with E-state index in [4.69, 9.17) is 11.2 Å². The molecule has 90 valence electrons. The summed E-state index contributed by atoms with van der Waals surface area (Å²) in [6.07, 6.45) is 5.11. The molecular weight excluding hydrogens is 214 g/mol. The van der Waals surface area contributed by atoms with Gasteiger partial charge in [0.1, 0.15) is 5.75 Å². The number of nitrogens with one attached hydrogen (secondary N) is 1. The number of aryl methyl sites for hydroxylation is 2. The molecule has 0 saturated carbocycles. The molecule has 1 aromatic carbocycles. The lowest BCUT2D eigenvalue weighted by Gasteiger charge is -2.12. The van der Waals surface area contributed by atoms with E-state index in [0.29, 0.717) is 17.9 Å². The van der Waals surface area contributed by atoms with Crippen molar-refractivity contribution in [1.82, 2.24) is 5.32 Å². The Morgan fingerprint density at radius 2 is 2.18 bits per heavy atom. The number of carbonyl (C=O) groups is 1. The topological polar surface area (TPSA) is 38.3 Å². The fraction of sp³-hybridized carbons (Fsp3) is 0.357. The molecule has 0 atom stereocenters. The largest absolute Gasteiger partial charge is 0.496 e. The van der Waals surface area contributed by atoms with Crippen molar-refractivity contribution in [2.45, 2.75) is 13.8 Å². The van der Waals surface area contributed by atoms with Gasteiger partial charge in [-0.1, -0.05) is 12.0 Å². The highest BCUT2D eigenvalue weighted by molar-refractivity contribution is 6.01. The SMILES string of the molecule is C#CCNCC(=O)c1c(C)cc(C)cc1OC. The first-order chi connectivity index (χ1) is 8.10. The van der Waals surface area contributed by atoms with Gasteiger partial charge < -0.3 is 4.74 Å². The summed E-state index contributed by atoms with van der Waals surface area (Å²) in [5.74, 6) is 3.05. The number of rotatable bonds is 5. The number of ketones is 1. The Hall–Kier alpha value is -1.79. The Morgan fingerprint density at radius 1 is 1.47 bits per heavy atom. The number of carbonyl (C=O) groups excluding carboxylic acids is 1. The Bertz CT molecular complexity index is 458. The van der Waals surface area contributed by atoms with Gasteiger partial charge >= 0.3 is 0 Å². The van der Waals surface area contributed by atoms with Crippen molar-refractivity contribution in [2.75, 3.05) is 20.2 Å². The van der Waals surface area contributed by atoms with E-state index >= 15 is 0 Å². The fourth-order valence-corrected chi connectivity index (χ4v) is 1.78. The number of methoxy groups -OCH3 is 1. The molecule has 0 amide bonds. The molecule has 0 saturated heterocycles. The minimum Gasteiger partial charge on any atom is -0.496 e. The number of hydrogen-bond acceptors (Lipinski definition) is 3. The third-order valence-electron chi connectivity index (χ3n) is 2.46. The van der Waals surface area contributed by atoms with Crippen LogP contribution in [-0.4, -0.2) is 26.0 Å². The van der Waals surface area contributed by atoms with Gasteiger partial charge in [-0.15, -0.1) is 6.42 Å². The monoisotopic (exact) mass is 231 g/mol. The normalized spacial score (nSPS) is 9.76. The van der Waals surface area contributed by atoms with Crippen LogP contribution in [0.1, 0.15) is 21.5 Å². The zero-order chi connectivity index (χ0) is 12.8. The van der Waals surface area contributed by atoms with E-state index in [1.807, 2.05) is 26.0 Å². The number of ether oxygens (including phenoxy) is 1. The second-order valence-electron chi connectivity index (χ2n) is 3.89. The first-order valence-corrected chi connectivity index (χ1v) is 5.42. The summed E-state index contributed by atoms with van der Waals surface area (Å²) in [5.41, 5.74) is 2.63. The van der Waals surface area contributed by atoms with E-state index in [1.54, 1.807) is 7.11 Å². The molecule has 3 nitrogen and oxygen atoms in total. The summed E-state index contributed by atoms with van der Waals surface area (Å²) < 4.78 is 5.25. The maximum atomic E-state index is 12.0. The van der Waals surface area contributed by atoms with Crippen LogP contribution >= 0.6 is 0 Å². The number of benzene rings is 1. The molecule has 0 aliphatic heterocycles. The molecule has 0 fully saturated rings. The van der Waals surface area contributed by atoms with Crippen molar-refractivity contribution in [2.24, 2.45) is 0 Å². The van der Waals surface area contributed by atoms with Crippen molar-refractivity contribution >= 4 is 5.78 Å². The van der Waals surface area contributed by atoms with Crippen LogP contribution < -0.4 is 10.1 Å². The second kappa shape index (κ2) is 6.07. The third kappa shape index (κ3) is 3.33. The minimum absolute atomic E-state index is 0.00500. The lowest BCUT2D eigenvalue weighted by atomic mass is 10.0. The van der Waals surface area contributed by atoms with Gasteiger partial charge in [0, 0.05) is 0 Å². The Labute approximate surface area is 102 Å². The average Bonchev–Trinajstić information content (AvgIpc) is 2.27. The van der Waals surface area contributed by atoms with Crippen LogP contribution in [0.5, 0.6) is 5.75 Å². The molecule has 1 aromatic rings. The van der Waals surface area contributed by atoms with Gasteiger partial charge in [-0.3, -0.25) is 10.1 Å². The van der Waals surface area contributed by atoms with Crippen LogP contribution in [0.2, 0.25) is 0 Å². The molecule has 0 bridgehead atoms. The first kappa shape index (κ1) is 13.3. The lowest BCUT2D eigenvalue weighted by Crippen LogP contribution is -2.24. The van der Waals surface area contributed by atoms with E-state index in [-0.39, 0.29) is 12.3 Å². The van der Waals surface area contributed by atoms with Crippen molar-refractivity contribution < 1.29 is 9.53 Å². The second-order valence-corrected chi connectivity index (χ2v) is 3.89. The van der Waals surface area contributed by atoms with E-state index < -0.39 is 0 Å². The average molecular weight is 231 g/mol. The van der Waals surface area contributed by atoms with Gasteiger partial charge in [0.05, 0.1) is 25.8 Å². The molecule has 3 heteroatoms. The zero-order valence-corrected chi connectivity index (χ0v) is 10.5. The van der Waals surface area contributed by atoms with Crippen molar-refractivity contribution in [3.05, 3.63) is 28.8 Å². The van der Waals surface area contributed by atoms with Gasteiger partial charge in [0.25, 0.3) is 0 Å². The number of terminal acetylenes is 1. The fourth-order valence-electron chi connectivity index (χ4n) is 1.78. The van der Waals surface area contributed by atoms with Crippen LogP contribution in [0, 0.1) is 26.2 Å². The van der Waals surface area contributed by atoms with Crippen molar-refractivity contribution in [3.63, 3.8) is 0 Å². The van der Waals surface area contributed by atoms with Crippen molar-refractivity contribution in [1.29, 1.82) is 0 Å². The van der Waals surface area contributed by atoms with Gasteiger partial charge in [-0.05, 0) is 31.0 Å². The van der Waals surface area contributed by atoms with Gasteiger partial charge in [-0.25, -0.2) is 0 Å². The van der Waals surface area contributed by atoms with Crippen LogP contribution in [0.4, 0.5) is 0 Å². The molecule has 17 heavy (non-hydrogen) atoms. The number of hydrogen-bond donors (Lipinski definition) is 1. The quantitative estimate of drug-likeness (QED) is 0.476. The summed E-state index contributed by atoms with van der Waals surface area (Å²) in [6.45, 7) is 4.49. The standard InChI is InChI=1S/C14H17NO2/c1-5-6-15-9-12(16)14-11(3)7-10(2)8-13(14)17-4/h1,7-8,15H,6,9H2,2-4H3. The predicted octanol–water partition coefficient (Wildman–Crippen LogP) is 1.72. The van der Waals surface area contributed by atoms with E-state index in [1.165, 1.54) is 0 Å². The summed E-state index contributed by atoms with van der Waals surface area (Å²) in [6, 6.07) is 3.83. The first-order valence-electron chi connectivity index (χ1n) is 5.42. The van der Waals surface area contributed by atoms with Crippen LogP contribution in [0.25, 0.3) is 0 Å². The molecule has 0 aliphatic rings. The van der Waals surface area contributed by atoms with Crippen LogP contribution in [-0.2, 0) is 0 Å². The highest BCUT2D eigenvalue weighted by Gasteiger charge is 2.15. The summed E-state index contributed by atoms with van der Waals surface area (Å²) in [5, 5.41) is 2.89. The number of Topliss-reactive ketones (excluding diaryl/α,β-unsaturated/α-hetero) is 1. The molecular formula is C14H17NO2. The molecule has 1 rings (SSSR count). The Balaban J connectivity index is 2.96. The highest BCUT2D eigenvalue weighted by Crippen LogP contribution is 2.24. The van der Waals surface area contributed by atoms with E-state index in [0.717, 1.165) is 11.1 Å². The Kier molecular flexibility index (Phi) is 4.74. The smallest absolute Gasteiger partial charge is 0.180 e. The van der Waals surface area contributed by atoms with Gasteiger partial charge in [-0.2, -0.15) is 0 Å². The molecule has 1 N–H and O–H groups in total. The highest BCUT2D eigenvalue weighted by atomic mass is 16.5. The summed E-state index contributed by atoms with van der Waals surface area (Å²) in [4.78, 5) is 12.0. The molecule has 0 unspecified atom stereocenters. The van der Waals surface area contributed by atoms with E-state index in [2.05, 4.69) is 11.2 Å². The van der Waals surface area contributed by atoms with Crippen molar-refractivity contribution in [3.8, 4) is 18.1 Å². The lowest BCUT2D eigenvalue weighted by molar-refractivity contribution is 0.0989. The maximum Gasteiger partial charge on any atom is 0.180 e. The zero-order valence-electron chi connectivity index (χ0n) is 10.5. The molecule has 0 spiro atoms. The third-order valence-corrected chi connectivity index (χ3v) is 2.46. The predicted molar refractivity (Wildman–Crippen MR) is 68.5 cm³/mol. The van der Waals surface area contributed by atoms with Gasteiger partial charge in [0.15, 0.2) is 5.78 Å². The molecule has 0 aromatic heterocycles.